The number of rotatable bonds is 4. The summed E-state index contributed by atoms with van der Waals surface area (Å²) in [7, 11) is 3.71. The molecule has 2 aromatic heterocycles. The summed E-state index contributed by atoms with van der Waals surface area (Å²) in [4.78, 5) is 31.7. The third-order valence-corrected chi connectivity index (χ3v) is 5.08. The number of aromatic nitrogens is 2. The van der Waals surface area contributed by atoms with E-state index in [0.717, 1.165) is 10.5 Å². The molecular formula is C18H19N3O3S. The zero-order chi connectivity index (χ0) is 18.3. The molecule has 7 heteroatoms. The van der Waals surface area contributed by atoms with Crippen molar-refractivity contribution >= 4 is 45.5 Å². The summed E-state index contributed by atoms with van der Waals surface area (Å²) in [6.45, 7) is 1.70. The number of anilines is 1. The molecule has 0 unspecified atom stereocenters. The van der Waals surface area contributed by atoms with Gasteiger partial charge in [-0.1, -0.05) is 6.07 Å². The minimum Gasteiger partial charge on any atom is -0.480 e. The van der Waals surface area contributed by atoms with Crippen LogP contribution in [-0.2, 0) is 11.3 Å². The normalized spacial score (nSPS) is 11.2. The van der Waals surface area contributed by atoms with E-state index in [-0.39, 0.29) is 12.0 Å². The Morgan fingerprint density at radius 2 is 1.92 bits per heavy atom. The van der Waals surface area contributed by atoms with Crippen molar-refractivity contribution in [1.29, 1.82) is 0 Å². The summed E-state index contributed by atoms with van der Waals surface area (Å²) in [6, 6.07) is 7.15. The first-order chi connectivity index (χ1) is 11.8. The highest BCUT2D eigenvalue weighted by Gasteiger charge is 2.18. The summed E-state index contributed by atoms with van der Waals surface area (Å²) >= 11 is 1.50. The number of fused-ring (bicyclic) bond motifs is 2. The van der Waals surface area contributed by atoms with Gasteiger partial charge in [-0.2, -0.15) is 0 Å². The number of carboxylic acids is 1. The first-order valence-electron chi connectivity index (χ1n) is 7.75. The molecule has 25 heavy (non-hydrogen) atoms. The van der Waals surface area contributed by atoms with Gasteiger partial charge in [-0.15, -0.1) is 11.8 Å². The maximum atomic E-state index is 13.0. The van der Waals surface area contributed by atoms with Crippen LogP contribution in [0.25, 0.3) is 21.9 Å². The molecule has 1 N–H and O–H groups in total. The second-order valence-corrected chi connectivity index (χ2v) is 6.87. The first-order valence-corrected chi connectivity index (χ1v) is 8.97. The molecule has 6 nitrogen and oxygen atoms in total. The summed E-state index contributed by atoms with van der Waals surface area (Å²) in [6.07, 6.45) is 1.92. The van der Waals surface area contributed by atoms with E-state index in [1.165, 1.54) is 11.8 Å². The van der Waals surface area contributed by atoms with Gasteiger partial charge in [0.1, 0.15) is 18.0 Å². The second kappa shape index (κ2) is 6.40. The average molecular weight is 357 g/mol. The smallest absolute Gasteiger partial charge is 0.323 e. The van der Waals surface area contributed by atoms with E-state index in [1.807, 2.05) is 38.2 Å². The molecule has 0 saturated carbocycles. The number of aryl methyl sites for hydroxylation is 1. The fourth-order valence-corrected chi connectivity index (χ4v) is 3.80. The Morgan fingerprint density at radius 3 is 2.52 bits per heavy atom. The molecule has 0 bridgehead atoms. The van der Waals surface area contributed by atoms with Crippen LogP contribution >= 0.6 is 11.8 Å². The van der Waals surface area contributed by atoms with Gasteiger partial charge >= 0.3 is 5.97 Å². The lowest BCUT2D eigenvalue weighted by atomic mass is 10.1. The minimum atomic E-state index is -0.975. The van der Waals surface area contributed by atoms with Crippen LogP contribution in [0.2, 0.25) is 0 Å². The lowest BCUT2D eigenvalue weighted by Crippen LogP contribution is -2.19. The van der Waals surface area contributed by atoms with Crippen LogP contribution in [0.1, 0.15) is 5.56 Å². The Hall–Kier alpha value is -2.54. The van der Waals surface area contributed by atoms with Crippen molar-refractivity contribution < 1.29 is 9.90 Å². The van der Waals surface area contributed by atoms with E-state index in [9.17, 15) is 14.7 Å². The first kappa shape index (κ1) is 17.3. The van der Waals surface area contributed by atoms with Gasteiger partial charge in [0.15, 0.2) is 5.43 Å². The Morgan fingerprint density at radius 1 is 1.24 bits per heavy atom. The standard InChI is InChI=1S/C18H19N3O3S/c1-10-5-6-11-15(17(10)25-4)21(9-14(22)23)18-12(16(11)24)7-8-13(19-18)20(2)3/h5-8H,9H2,1-4H3,(H,22,23). The van der Waals surface area contributed by atoms with Gasteiger partial charge in [-0.05, 0) is 36.9 Å². The summed E-state index contributed by atoms with van der Waals surface area (Å²) < 4.78 is 1.64. The quantitative estimate of drug-likeness (QED) is 0.572. The van der Waals surface area contributed by atoms with Crippen molar-refractivity contribution in [1.82, 2.24) is 9.55 Å². The molecule has 1 aromatic carbocycles. The van der Waals surface area contributed by atoms with E-state index in [2.05, 4.69) is 4.98 Å². The summed E-state index contributed by atoms with van der Waals surface area (Å²) in [5.41, 5.74) is 1.91. The molecule has 3 aromatic rings. The highest BCUT2D eigenvalue weighted by molar-refractivity contribution is 7.98. The Balaban J connectivity index is 2.59. The Bertz CT molecular complexity index is 1060. The molecule has 0 atom stereocenters. The maximum Gasteiger partial charge on any atom is 0.323 e. The monoisotopic (exact) mass is 357 g/mol. The van der Waals surface area contributed by atoms with Crippen LogP contribution in [0.15, 0.2) is 34.0 Å². The number of nitrogens with zero attached hydrogens (tertiary/aromatic N) is 3. The Kier molecular flexibility index (Phi) is 4.43. The number of hydrogen-bond donors (Lipinski definition) is 1. The largest absolute Gasteiger partial charge is 0.480 e. The van der Waals surface area contributed by atoms with Crippen LogP contribution in [0.3, 0.4) is 0 Å². The molecule has 0 saturated heterocycles. The predicted octanol–water partition coefficient (Wildman–Crippen LogP) is 2.73. The van der Waals surface area contributed by atoms with Crippen molar-refractivity contribution in [3.8, 4) is 0 Å². The molecule has 130 valence electrons. The van der Waals surface area contributed by atoms with Gasteiger partial charge in [0, 0.05) is 24.4 Å². The predicted molar refractivity (Wildman–Crippen MR) is 102 cm³/mol. The van der Waals surface area contributed by atoms with Gasteiger partial charge in [0.05, 0.1) is 10.9 Å². The van der Waals surface area contributed by atoms with E-state index in [4.69, 9.17) is 0 Å². The van der Waals surface area contributed by atoms with Crippen molar-refractivity contribution in [2.75, 3.05) is 25.3 Å². The third-order valence-electron chi connectivity index (χ3n) is 4.16. The topological polar surface area (TPSA) is 75.4 Å². The van der Waals surface area contributed by atoms with Crippen molar-refractivity contribution in [2.24, 2.45) is 0 Å². The molecule has 0 fully saturated rings. The van der Waals surface area contributed by atoms with E-state index >= 15 is 0 Å². The number of carbonyl (C=O) groups is 1. The van der Waals surface area contributed by atoms with Gasteiger partial charge < -0.3 is 14.6 Å². The van der Waals surface area contributed by atoms with Crippen LogP contribution in [-0.4, -0.2) is 41.0 Å². The number of thioether (sulfide) groups is 1. The Labute approximate surface area is 149 Å². The fourth-order valence-electron chi connectivity index (χ4n) is 2.99. The van der Waals surface area contributed by atoms with Crippen LogP contribution < -0.4 is 10.3 Å². The summed E-state index contributed by atoms with van der Waals surface area (Å²) in [5.74, 6) is -0.305. The molecule has 0 radical (unpaired) electrons. The zero-order valence-electron chi connectivity index (χ0n) is 14.5. The fraction of sp³-hybridized carbons (Fsp3) is 0.278. The van der Waals surface area contributed by atoms with Crippen LogP contribution in [0.5, 0.6) is 0 Å². The number of hydrogen-bond acceptors (Lipinski definition) is 5. The van der Waals surface area contributed by atoms with Crippen LogP contribution in [0, 0.1) is 6.92 Å². The maximum absolute atomic E-state index is 13.0. The lowest BCUT2D eigenvalue weighted by Gasteiger charge is -2.18. The zero-order valence-corrected chi connectivity index (χ0v) is 15.3. The molecule has 3 rings (SSSR count). The van der Waals surface area contributed by atoms with E-state index < -0.39 is 5.97 Å². The minimum absolute atomic E-state index is 0.125. The average Bonchev–Trinajstić information content (AvgIpc) is 2.57. The van der Waals surface area contributed by atoms with Crippen molar-refractivity contribution in [2.45, 2.75) is 18.4 Å². The highest BCUT2D eigenvalue weighted by atomic mass is 32.2. The number of pyridine rings is 2. The number of benzene rings is 1. The van der Waals surface area contributed by atoms with Crippen molar-refractivity contribution in [3.63, 3.8) is 0 Å². The number of aliphatic carboxylic acids is 1. The second-order valence-electron chi connectivity index (χ2n) is 6.06. The highest BCUT2D eigenvalue weighted by Crippen LogP contribution is 2.31. The lowest BCUT2D eigenvalue weighted by molar-refractivity contribution is -0.137. The molecule has 0 aliphatic rings. The third kappa shape index (κ3) is 2.84. The molecular weight excluding hydrogens is 338 g/mol. The van der Waals surface area contributed by atoms with E-state index in [0.29, 0.717) is 27.8 Å². The van der Waals surface area contributed by atoms with Crippen molar-refractivity contribution in [3.05, 3.63) is 40.1 Å². The molecule has 0 aliphatic heterocycles. The van der Waals surface area contributed by atoms with Gasteiger partial charge in [0.2, 0.25) is 0 Å². The molecule has 0 aliphatic carbocycles. The summed E-state index contributed by atoms with van der Waals surface area (Å²) in [5, 5.41) is 10.4. The molecule has 0 spiro atoms. The van der Waals surface area contributed by atoms with Gasteiger partial charge in [-0.25, -0.2) is 4.98 Å². The SMILES string of the molecule is CSc1c(C)ccc2c(=O)c3ccc(N(C)C)nc3n(CC(=O)O)c12. The molecule has 2 heterocycles. The molecule has 0 amide bonds. The van der Waals surface area contributed by atoms with Crippen LogP contribution in [0.4, 0.5) is 5.82 Å². The van der Waals surface area contributed by atoms with Gasteiger partial charge in [-0.3, -0.25) is 9.59 Å². The number of carboxylic acid groups (broad SMARTS) is 1. The van der Waals surface area contributed by atoms with Gasteiger partial charge in [0.25, 0.3) is 0 Å². The van der Waals surface area contributed by atoms with E-state index in [1.54, 1.807) is 22.8 Å².